The third-order valence-electron chi connectivity index (χ3n) is 10.2. The number of hydrogen-bond acceptors (Lipinski definition) is 21. The normalized spacial score (nSPS) is 19.5. The van der Waals surface area contributed by atoms with Gasteiger partial charge in [0.1, 0.15) is 24.7 Å². The van der Waals surface area contributed by atoms with E-state index in [2.05, 4.69) is 36.6 Å². The summed E-state index contributed by atoms with van der Waals surface area (Å²) in [6, 6.07) is -17.4. The van der Waals surface area contributed by atoms with Crippen LogP contribution < -0.4 is 59.7 Å². The summed E-state index contributed by atoms with van der Waals surface area (Å²) in [6.07, 6.45) is -4.05. The Balaban J connectivity index is 3.92. The number of carboxylic acids is 2. The maximum atomic E-state index is 14.6. The van der Waals surface area contributed by atoms with E-state index in [1.165, 1.54) is 32.9 Å². The maximum absolute atomic E-state index is 14.6. The molecule has 0 saturated heterocycles. The van der Waals surface area contributed by atoms with Crippen molar-refractivity contribution >= 4 is 89.2 Å². The summed E-state index contributed by atoms with van der Waals surface area (Å²) in [4.78, 5) is 197. The monoisotopic (exact) mass is 1020 g/mol. The van der Waals surface area contributed by atoms with Crippen LogP contribution in [-0.4, -0.2) is 191 Å². The average Bonchev–Trinajstić information content (AvgIpc) is 3.32. The summed E-state index contributed by atoms with van der Waals surface area (Å²) < 4.78 is 4.55. The molecule has 1 aliphatic rings. The van der Waals surface area contributed by atoms with Crippen LogP contribution in [-0.2, 0) is 76.7 Å². The molecule has 0 aromatic heterocycles. The highest BCUT2D eigenvalue weighted by molar-refractivity contribution is 6.13. The van der Waals surface area contributed by atoms with E-state index in [4.69, 9.17) is 17.2 Å². The minimum atomic E-state index is -2.41. The molecule has 1 rings (SSSR count). The number of hydrogen-bond donors (Lipinski definition) is 13. The minimum Gasteiger partial charge on any atom is -0.481 e. The van der Waals surface area contributed by atoms with E-state index < -0.39 is 182 Å². The van der Waals surface area contributed by atoms with Crippen LogP contribution in [0.1, 0.15) is 73.1 Å². The number of nitrogens with two attached hydrogens (primary N) is 3. The van der Waals surface area contributed by atoms with Crippen LogP contribution >= 0.6 is 0 Å². The number of ether oxygens (including phenoxy) is 1. The number of esters is 1. The van der Waals surface area contributed by atoms with Gasteiger partial charge in [-0.25, -0.2) is 4.79 Å². The average molecular weight is 1030 g/mol. The summed E-state index contributed by atoms with van der Waals surface area (Å²) >= 11 is 0. The smallest absolute Gasteiger partial charge is 0.336 e. The number of methoxy groups -OCH3 is 1. The first-order valence-corrected chi connectivity index (χ1v) is 22.2. The molecule has 0 unspecified atom stereocenters. The summed E-state index contributed by atoms with van der Waals surface area (Å²) in [5.74, 6) is -16.7. The van der Waals surface area contributed by atoms with Gasteiger partial charge in [0.25, 0.3) is 23.6 Å². The van der Waals surface area contributed by atoms with Crippen LogP contribution in [0.5, 0.6) is 0 Å². The fraction of sp³-hybridized carbons (Fsp3) is 0.595. The Morgan fingerprint density at radius 1 is 0.722 bits per heavy atom. The van der Waals surface area contributed by atoms with Crippen LogP contribution in [0, 0.1) is 0 Å². The van der Waals surface area contributed by atoms with Gasteiger partial charge in [0.2, 0.25) is 17.7 Å². The Morgan fingerprint density at radius 3 is 1.81 bits per heavy atom. The Kier molecular flexibility index (Phi) is 26.4. The number of carbonyl (C=O) groups excluding carboxylic acids is 13. The summed E-state index contributed by atoms with van der Waals surface area (Å²) in [5, 5.41) is 36.4. The molecule has 72 heavy (non-hydrogen) atoms. The lowest BCUT2D eigenvalue weighted by molar-refractivity contribution is -0.149. The van der Waals surface area contributed by atoms with Crippen molar-refractivity contribution in [2.45, 2.75) is 146 Å². The topological polar surface area (TPSA) is 483 Å². The summed E-state index contributed by atoms with van der Waals surface area (Å²) in [6.45, 7) is 5.14. The Bertz CT molecular complexity index is 2100. The number of carbonyl (C=O) groups is 15. The SMILES string of the molecule is COC(=O)[C@@H](NC(=O)[C@H](CCC(=O)O)NC(=O)[C@@H](NC(=O)[C@@H](NC(=O)[C@H](C(=O)[C@H](C)N)N1CC=CCCC(=O)N[C@@H](CCC(=O)O)C(=O)N[C@@H](N[C@@H](C)C=O)C1=O)N[C@@H](C)C=O)C(=O)[C@H](C)N)C(=O)[C@H](C)N. The number of rotatable bonds is 28. The second-order valence-corrected chi connectivity index (χ2v) is 16.5. The summed E-state index contributed by atoms with van der Waals surface area (Å²) in [7, 11) is 0.875. The van der Waals surface area contributed by atoms with E-state index >= 15 is 0 Å². The fourth-order valence-corrected chi connectivity index (χ4v) is 6.33. The van der Waals surface area contributed by atoms with Gasteiger partial charge in [0.15, 0.2) is 47.8 Å². The zero-order chi connectivity index (χ0) is 55.2. The molecule has 0 spiro atoms. The van der Waals surface area contributed by atoms with E-state index in [0.717, 1.165) is 21.0 Å². The molecule has 400 valence electrons. The first kappa shape index (κ1) is 62.6. The van der Waals surface area contributed by atoms with E-state index in [1.54, 1.807) is 0 Å². The Labute approximate surface area is 411 Å². The number of Topliss-reactive ketones (excluding diaryl/α,β-unsaturated/α-hetero) is 3. The number of nitrogens with zero attached hydrogens (tertiary/aromatic N) is 1. The van der Waals surface area contributed by atoms with Gasteiger partial charge in [-0.3, -0.25) is 68.2 Å². The molecule has 0 aromatic rings. The number of nitrogens with one attached hydrogen (secondary N) is 8. The van der Waals surface area contributed by atoms with Crippen LogP contribution in [0.3, 0.4) is 0 Å². The second kappa shape index (κ2) is 30.4. The van der Waals surface area contributed by atoms with Crippen molar-refractivity contribution < 1.29 is 86.9 Å². The van der Waals surface area contributed by atoms with Crippen molar-refractivity contribution in [1.82, 2.24) is 47.4 Å². The van der Waals surface area contributed by atoms with Gasteiger partial charge in [0.05, 0.1) is 37.3 Å². The maximum Gasteiger partial charge on any atom is 0.336 e. The van der Waals surface area contributed by atoms with Crippen LogP contribution in [0.4, 0.5) is 0 Å². The lowest BCUT2D eigenvalue weighted by Crippen LogP contribution is -2.68. The quantitative estimate of drug-likeness (QED) is 0.0114. The molecule has 1 aliphatic heterocycles. The van der Waals surface area contributed by atoms with Crippen molar-refractivity contribution in [3.05, 3.63) is 12.2 Å². The van der Waals surface area contributed by atoms with Gasteiger partial charge in [-0.1, -0.05) is 12.2 Å². The number of aliphatic carboxylic acids is 2. The number of aldehydes is 2. The van der Waals surface area contributed by atoms with Gasteiger partial charge in [-0.2, -0.15) is 0 Å². The second-order valence-electron chi connectivity index (χ2n) is 16.5. The largest absolute Gasteiger partial charge is 0.481 e. The number of allylic oxidation sites excluding steroid dienone is 1. The lowest BCUT2D eigenvalue weighted by Gasteiger charge is -2.35. The molecule has 16 N–H and O–H groups in total. The van der Waals surface area contributed by atoms with Crippen LogP contribution in [0.15, 0.2) is 12.2 Å². The number of carboxylic acid groups (broad SMARTS) is 2. The summed E-state index contributed by atoms with van der Waals surface area (Å²) in [5.41, 5.74) is 17.3. The molecule has 1 heterocycles. The van der Waals surface area contributed by atoms with Gasteiger partial charge in [0, 0.05) is 25.8 Å². The van der Waals surface area contributed by atoms with E-state index in [9.17, 15) is 82.1 Å². The van der Waals surface area contributed by atoms with E-state index in [-0.39, 0.29) is 19.1 Å². The molecular weight excluding hydrogens is 961 g/mol. The zero-order valence-corrected chi connectivity index (χ0v) is 40.3. The van der Waals surface area contributed by atoms with E-state index in [0.29, 0.717) is 11.2 Å². The molecule has 0 aliphatic carbocycles. The third-order valence-corrected chi connectivity index (χ3v) is 10.2. The number of ketones is 3. The lowest BCUT2D eigenvalue weighted by atomic mass is 10.0. The van der Waals surface area contributed by atoms with Gasteiger partial charge >= 0.3 is 17.9 Å². The van der Waals surface area contributed by atoms with Crippen LogP contribution in [0.25, 0.3) is 0 Å². The molecule has 0 radical (unpaired) electrons. The molecule has 12 atom stereocenters. The molecule has 0 bridgehead atoms. The Morgan fingerprint density at radius 2 is 1.28 bits per heavy atom. The number of amides is 7. The van der Waals surface area contributed by atoms with Crippen molar-refractivity contribution in [2.75, 3.05) is 13.7 Å². The molecule has 30 heteroatoms. The molecular formula is C42H64N12O18. The van der Waals surface area contributed by atoms with Gasteiger partial charge in [-0.05, 0) is 53.9 Å². The zero-order valence-electron chi connectivity index (χ0n) is 40.3. The van der Waals surface area contributed by atoms with Crippen molar-refractivity contribution in [3.8, 4) is 0 Å². The molecule has 0 aromatic carbocycles. The molecule has 0 saturated carbocycles. The van der Waals surface area contributed by atoms with Gasteiger partial charge < -0.3 is 78.5 Å². The highest BCUT2D eigenvalue weighted by atomic mass is 16.5. The first-order valence-electron chi connectivity index (χ1n) is 22.2. The van der Waals surface area contributed by atoms with Crippen molar-refractivity contribution in [2.24, 2.45) is 17.2 Å². The highest BCUT2D eigenvalue weighted by Crippen LogP contribution is 2.12. The molecule has 0 fully saturated rings. The fourth-order valence-electron chi connectivity index (χ4n) is 6.33. The third kappa shape index (κ3) is 20.1. The molecule has 7 amide bonds. The van der Waals surface area contributed by atoms with E-state index in [1.807, 2.05) is 10.6 Å². The standard InChI is InChI=1S/C42H64N12O18/c1-18(16-55)46-34(40(69)50-28(31(62)20(3)43)38(67)49-24(12-14-27(60)61)36(65)51-29(42(71)72-6)32(63)21(4)44)52-39(68)30(33(64)22(5)45)54-15-9-7-8-10-25(57)48-23(11-13-26(58)59)37(66)53-35(41(54)70)47-19(2)17-56/h7,9,16-24,28-30,34-35,46-47H,8,10-15,43-45H2,1-6H3,(H,48,57)(H,49,67)(H,50,69)(H,51,65)(H,52,68)(H,53,66)(H,58,59)(H,60,61)/t18-,19-,20-,21-,22-,23-,24-,28-,29-,30-,34+,35+/m0/s1. The minimum absolute atomic E-state index is 0.0556. The predicted octanol–water partition coefficient (Wildman–Crippen LogP) is -7.64. The predicted molar refractivity (Wildman–Crippen MR) is 245 cm³/mol. The molecule has 30 nitrogen and oxygen atoms in total. The first-order chi connectivity index (χ1) is 33.6. The Hall–Kier alpha value is -7.41. The highest BCUT2D eigenvalue weighted by Gasteiger charge is 2.43. The van der Waals surface area contributed by atoms with Crippen LogP contribution in [0.2, 0.25) is 0 Å². The van der Waals surface area contributed by atoms with Crippen molar-refractivity contribution in [1.29, 1.82) is 0 Å². The van der Waals surface area contributed by atoms with Crippen molar-refractivity contribution in [3.63, 3.8) is 0 Å². The van der Waals surface area contributed by atoms with Gasteiger partial charge in [-0.15, -0.1) is 0 Å².